The third-order valence-corrected chi connectivity index (χ3v) is 12.3. The van der Waals surface area contributed by atoms with Crippen molar-refractivity contribution in [3.63, 3.8) is 0 Å². The molecular formula is C48H31NS2. The molecule has 1 nitrogen and oxygen atoms in total. The first kappa shape index (κ1) is 29.9. The first-order valence-corrected chi connectivity index (χ1v) is 18.9. The highest BCUT2D eigenvalue weighted by Crippen LogP contribution is 2.47. The van der Waals surface area contributed by atoms with Gasteiger partial charge in [0.25, 0.3) is 0 Å². The summed E-state index contributed by atoms with van der Waals surface area (Å²) in [5, 5.41) is 5.21. The van der Waals surface area contributed by atoms with Crippen molar-refractivity contribution < 1.29 is 0 Å². The summed E-state index contributed by atoms with van der Waals surface area (Å²) in [6.07, 6.45) is 0. The second-order valence-corrected chi connectivity index (χ2v) is 15.0. The molecule has 0 atom stereocenters. The van der Waals surface area contributed by atoms with E-state index < -0.39 is 0 Å². The maximum atomic E-state index is 2.47. The van der Waals surface area contributed by atoms with Crippen molar-refractivity contribution in [3.05, 3.63) is 188 Å². The normalized spacial score (nSPS) is 11.5. The molecule has 0 radical (unpaired) electrons. The highest BCUT2D eigenvalue weighted by atomic mass is 32.1. The Bertz CT molecular complexity index is 2850. The average molecular weight is 686 g/mol. The third-order valence-electron chi connectivity index (χ3n) is 9.86. The average Bonchev–Trinajstić information content (AvgIpc) is 3.78. The second-order valence-electron chi connectivity index (χ2n) is 12.9. The smallest absolute Gasteiger partial charge is 0.0640 e. The molecule has 3 heteroatoms. The molecular weight excluding hydrogens is 655 g/mol. The third kappa shape index (κ3) is 5.21. The van der Waals surface area contributed by atoms with Crippen LogP contribution in [-0.4, -0.2) is 0 Å². The van der Waals surface area contributed by atoms with Crippen LogP contribution in [-0.2, 0) is 0 Å². The highest BCUT2D eigenvalue weighted by molar-refractivity contribution is 7.26. The van der Waals surface area contributed by atoms with Gasteiger partial charge in [-0.15, -0.1) is 22.7 Å². The summed E-state index contributed by atoms with van der Waals surface area (Å²) in [4.78, 5) is 2.47. The maximum absolute atomic E-state index is 2.47. The molecule has 8 aromatic carbocycles. The highest BCUT2D eigenvalue weighted by Gasteiger charge is 2.21. The molecule has 240 valence electrons. The molecule has 0 unspecified atom stereocenters. The standard InChI is InChI=1S/C48H31NS2/c1-3-13-32(14-4-1)34-25-27-37(28-26-34)49(44-22-12-21-43-41-18-8-10-24-46(41)51-48(43)44)38-30-35(33-15-5-2-6-16-33)29-36(31-38)39-19-11-20-42-40-17-7-9-23-45(40)50-47(39)42/h1-31H. The van der Waals surface area contributed by atoms with E-state index in [0.717, 1.165) is 11.4 Å². The molecule has 0 saturated carbocycles. The SMILES string of the molecule is c1ccc(-c2ccc(N(c3cc(-c4ccccc4)cc(-c4cccc5c4sc4ccccc45)c3)c3cccc4c3sc3ccccc34)cc2)cc1. The fourth-order valence-corrected chi connectivity index (χ4v) is 9.88. The molecule has 0 fully saturated rings. The van der Waals surface area contributed by atoms with Crippen LogP contribution in [0.3, 0.4) is 0 Å². The summed E-state index contributed by atoms with van der Waals surface area (Å²) < 4.78 is 5.22. The van der Waals surface area contributed by atoms with E-state index >= 15 is 0 Å². The molecule has 0 saturated heterocycles. The van der Waals surface area contributed by atoms with E-state index in [1.807, 2.05) is 22.7 Å². The lowest BCUT2D eigenvalue weighted by Crippen LogP contribution is -2.10. The summed E-state index contributed by atoms with van der Waals surface area (Å²) in [7, 11) is 0. The lowest BCUT2D eigenvalue weighted by Gasteiger charge is -2.27. The van der Waals surface area contributed by atoms with Crippen molar-refractivity contribution in [1.82, 2.24) is 0 Å². The van der Waals surface area contributed by atoms with Gasteiger partial charge in [0.15, 0.2) is 0 Å². The zero-order valence-corrected chi connectivity index (χ0v) is 29.3. The van der Waals surface area contributed by atoms with Crippen LogP contribution in [0, 0.1) is 0 Å². The maximum Gasteiger partial charge on any atom is 0.0640 e. The van der Waals surface area contributed by atoms with Crippen LogP contribution in [0.4, 0.5) is 17.1 Å². The zero-order valence-electron chi connectivity index (χ0n) is 27.7. The molecule has 0 spiro atoms. The molecule has 10 aromatic rings. The Hall–Kier alpha value is -6.00. The van der Waals surface area contributed by atoms with Crippen LogP contribution in [0.1, 0.15) is 0 Å². The second kappa shape index (κ2) is 12.4. The van der Waals surface area contributed by atoms with E-state index in [9.17, 15) is 0 Å². The van der Waals surface area contributed by atoms with Gasteiger partial charge in [-0.05, 0) is 81.9 Å². The van der Waals surface area contributed by atoms with Crippen molar-refractivity contribution in [1.29, 1.82) is 0 Å². The van der Waals surface area contributed by atoms with E-state index in [1.54, 1.807) is 0 Å². The molecule has 0 amide bonds. The topological polar surface area (TPSA) is 3.24 Å². The van der Waals surface area contributed by atoms with Gasteiger partial charge in [0.2, 0.25) is 0 Å². The Morgan fingerprint density at radius 1 is 0.314 bits per heavy atom. The Balaban J connectivity index is 1.24. The van der Waals surface area contributed by atoms with E-state index in [4.69, 9.17) is 0 Å². The zero-order chi connectivity index (χ0) is 33.7. The first-order chi connectivity index (χ1) is 25.3. The molecule has 0 bridgehead atoms. The van der Waals surface area contributed by atoms with Crippen molar-refractivity contribution in [2.45, 2.75) is 0 Å². The first-order valence-electron chi connectivity index (χ1n) is 17.3. The molecule has 10 rings (SSSR count). The van der Waals surface area contributed by atoms with Crippen LogP contribution >= 0.6 is 22.7 Å². The number of nitrogens with zero attached hydrogens (tertiary/aromatic N) is 1. The largest absolute Gasteiger partial charge is 0.309 e. The molecule has 0 N–H and O–H groups in total. The number of hydrogen-bond donors (Lipinski definition) is 0. The number of anilines is 3. The summed E-state index contributed by atoms with van der Waals surface area (Å²) in [6.45, 7) is 0. The monoisotopic (exact) mass is 685 g/mol. The Kier molecular flexibility index (Phi) is 7.26. The van der Waals surface area contributed by atoms with Crippen molar-refractivity contribution in [2.24, 2.45) is 0 Å². The molecule has 2 aromatic heterocycles. The molecule has 2 heterocycles. The Morgan fingerprint density at radius 3 is 1.51 bits per heavy atom. The summed E-state index contributed by atoms with van der Waals surface area (Å²) in [5.41, 5.74) is 10.7. The van der Waals surface area contributed by atoms with Crippen molar-refractivity contribution in [3.8, 4) is 33.4 Å². The quantitative estimate of drug-likeness (QED) is 0.168. The van der Waals surface area contributed by atoms with E-state index in [1.165, 1.54) is 79.4 Å². The van der Waals surface area contributed by atoms with Crippen molar-refractivity contribution in [2.75, 3.05) is 4.90 Å². The number of fused-ring (bicyclic) bond motifs is 6. The van der Waals surface area contributed by atoms with Crippen LogP contribution in [0.2, 0.25) is 0 Å². The minimum atomic E-state index is 1.12. The molecule has 51 heavy (non-hydrogen) atoms. The van der Waals surface area contributed by atoms with E-state index in [2.05, 4.69) is 193 Å². The van der Waals surface area contributed by atoms with Crippen LogP contribution in [0.25, 0.3) is 73.7 Å². The molecule has 0 aliphatic carbocycles. The van der Waals surface area contributed by atoms with Gasteiger partial charge >= 0.3 is 0 Å². The van der Waals surface area contributed by atoms with Crippen LogP contribution in [0.15, 0.2) is 188 Å². The predicted octanol–water partition coefficient (Wildman–Crippen LogP) is 14.9. The van der Waals surface area contributed by atoms with Gasteiger partial charge in [-0.2, -0.15) is 0 Å². The number of benzene rings is 8. The predicted molar refractivity (Wildman–Crippen MR) is 223 cm³/mol. The van der Waals surface area contributed by atoms with Gasteiger partial charge in [-0.3, -0.25) is 0 Å². The summed E-state index contributed by atoms with van der Waals surface area (Å²) in [6, 6.07) is 68.7. The van der Waals surface area contributed by atoms with Gasteiger partial charge in [-0.25, -0.2) is 0 Å². The molecule has 0 aliphatic rings. The van der Waals surface area contributed by atoms with E-state index in [-0.39, 0.29) is 0 Å². The Morgan fingerprint density at radius 2 is 0.824 bits per heavy atom. The fourth-order valence-electron chi connectivity index (χ4n) is 7.44. The van der Waals surface area contributed by atoms with Crippen LogP contribution < -0.4 is 4.90 Å². The van der Waals surface area contributed by atoms with Crippen molar-refractivity contribution >= 4 is 80.1 Å². The van der Waals surface area contributed by atoms with Gasteiger partial charge < -0.3 is 4.90 Å². The number of hydrogen-bond acceptors (Lipinski definition) is 3. The molecule has 0 aliphatic heterocycles. The number of rotatable bonds is 6. The van der Waals surface area contributed by atoms with Gasteiger partial charge in [0, 0.05) is 47.0 Å². The van der Waals surface area contributed by atoms with E-state index in [0.29, 0.717) is 0 Å². The lowest BCUT2D eigenvalue weighted by atomic mass is 9.96. The van der Waals surface area contributed by atoms with Gasteiger partial charge in [0.1, 0.15) is 0 Å². The minimum Gasteiger partial charge on any atom is -0.309 e. The number of thiophene rings is 2. The Labute approximate surface area is 304 Å². The van der Waals surface area contributed by atoms with Crippen LogP contribution in [0.5, 0.6) is 0 Å². The van der Waals surface area contributed by atoms with Gasteiger partial charge in [0.05, 0.1) is 10.4 Å². The lowest BCUT2D eigenvalue weighted by molar-refractivity contribution is 1.30. The van der Waals surface area contributed by atoms with Gasteiger partial charge in [-0.1, -0.05) is 140 Å². The summed E-state index contributed by atoms with van der Waals surface area (Å²) in [5.74, 6) is 0. The fraction of sp³-hybridized carbons (Fsp3) is 0. The summed E-state index contributed by atoms with van der Waals surface area (Å²) >= 11 is 3.76. The minimum absolute atomic E-state index is 1.12.